The molecule has 3 heterocycles. The summed E-state index contributed by atoms with van der Waals surface area (Å²) >= 11 is 2.99. The first-order valence-electron chi connectivity index (χ1n) is 7.09. The van der Waals surface area contributed by atoms with Crippen molar-refractivity contribution in [3.8, 4) is 0 Å². The van der Waals surface area contributed by atoms with Gasteiger partial charge >= 0.3 is 5.69 Å². The minimum absolute atomic E-state index is 0.179. The summed E-state index contributed by atoms with van der Waals surface area (Å²) in [7, 11) is 1.43. The lowest BCUT2D eigenvalue weighted by atomic mass is 10.2. The lowest BCUT2D eigenvalue weighted by molar-refractivity contribution is 0.419. The first kappa shape index (κ1) is 16.7. The number of hydrogen-bond acceptors (Lipinski definition) is 8. The van der Waals surface area contributed by atoms with Gasteiger partial charge in [-0.25, -0.2) is 9.78 Å². The molecule has 0 saturated carbocycles. The van der Waals surface area contributed by atoms with Gasteiger partial charge in [0.2, 0.25) is 5.89 Å². The van der Waals surface area contributed by atoms with E-state index in [1.165, 1.54) is 18.8 Å². The van der Waals surface area contributed by atoms with Crippen LogP contribution in [0.1, 0.15) is 27.8 Å². The van der Waals surface area contributed by atoms with Crippen molar-refractivity contribution in [1.82, 2.24) is 24.7 Å². The summed E-state index contributed by atoms with van der Waals surface area (Å²) in [5, 5.41) is 11.4. The van der Waals surface area contributed by atoms with Gasteiger partial charge in [0.1, 0.15) is 0 Å². The molecule has 0 radical (unpaired) electrons. The van der Waals surface area contributed by atoms with Crippen molar-refractivity contribution in [3.63, 3.8) is 0 Å². The Morgan fingerprint density at radius 2 is 2.12 bits per heavy atom. The molecule has 0 aromatic carbocycles. The van der Waals surface area contributed by atoms with Crippen LogP contribution in [0.2, 0.25) is 0 Å². The molecule has 3 aromatic heterocycles. The van der Waals surface area contributed by atoms with Gasteiger partial charge in [-0.3, -0.25) is 9.36 Å². The highest BCUT2D eigenvalue weighted by Gasteiger charge is 2.14. The highest BCUT2D eigenvalue weighted by Crippen LogP contribution is 2.22. The van der Waals surface area contributed by atoms with Crippen LogP contribution in [0.5, 0.6) is 0 Å². The molecule has 0 atom stereocenters. The minimum Gasteiger partial charge on any atom is -0.416 e. The molecule has 10 heteroatoms. The molecule has 0 aliphatic carbocycles. The molecular weight excluding hydrogens is 350 g/mol. The van der Waals surface area contributed by atoms with Gasteiger partial charge in [-0.15, -0.1) is 21.5 Å². The van der Waals surface area contributed by atoms with Gasteiger partial charge in [-0.2, -0.15) is 0 Å². The molecule has 0 bridgehead atoms. The van der Waals surface area contributed by atoms with Crippen LogP contribution in [0, 0.1) is 13.8 Å². The molecule has 1 N–H and O–H groups in total. The van der Waals surface area contributed by atoms with Crippen molar-refractivity contribution in [3.05, 3.63) is 54.1 Å². The molecule has 24 heavy (non-hydrogen) atoms. The fraction of sp³-hybridized carbons (Fsp3) is 0.357. The fourth-order valence-electron chi connectivity index (χ4n) is 2.11. The third-order valence-corrected chi connectivity index (χ3v) is 5.08. The molecule has 0 fully saturated rings. The minimum atomic E-state index is -0.443. The zero-order chi connectivity index (χ0) is 17.3. The molecule has 8 nitrogen and oxygen atoms in total. The average Bonchev–Trinajstić information content (AvgIpc) is 3.16. The van der Waals surface area contributed by atoms with Crippen molar-refractivity contribution in [2.75, 3.05) is 0 Å². The lowest BCUT2D eigenvalue weighted by Gasteiger charge is -2.04. The van der Waals surface area contributed by atoms with Gasteiger partial charge in [0, 0.05) is 29.4 Å². The van der Waals surface area contributed by atoms with E-state index < -0.39 is 5.69 Å². The Kier molecular flexibility index (Phi) is 4.67. The fourth-order valence-corrected chi connectivity index (χ4v) is 3.50. The van der Waals surface area contributed by atoms with Crippen LogP contribution >= 0.6 is 23.1 Å². The Labute approximate surface area is 145 Å². The highest BCUT2D eigenvalue weighted by atomic mass is 32.2. The van der Waals surface area contributed by atoms with E-state index in [9.17, 15) is 9.59 Å². The molecule has 3 rings (SSSR count). The highest BCUT2D eigenvalue weighted by molar-refractivity contribution is 7.98. The lowest BCUT2D eigenvalue weighted by Crippen LogP contribution is -2.36. The monoisotopic (exact) mass is 365 g/mol. The van der Waals surface area contributed by atoms with Crippen LogP contribution in [0.4, 0.5) is 0 Å². The van der Waals surface area contributed by atoms with Crippen LogP contribution in [0.15, 0.2) is 24.6 Å². The first-order chi connectivity index (χ1) is 11.4. The maximum Gasteiger partial charge on any atom is 0.328 e. The SMILES string of the molecule is Cc1nc(CSc2nnc(Cc3c(C)[nH]c(=O)n(C)c3=O)o2)cs1. The quantitative estimate of drug-likeness (QED) is 0.681. The number of aryl methyl sites for hydroxylation is 2. The van der Waals surface area contributed by atoms with E-state index in [0.29, 0.717) is 28.1 Å². The molecule has 0 amide bonds. The molecule has 0 unspecified atom stereocenters. The van der Waals surface area contributed by atoms with Gasteiger partial charge in [0.25, 0.3) is 10.8 Å². The van der Waals surface area contributed by atoms with E-state index in [1.54, 1.807) is 18.3 Å². The molecule has 0 spiro atoms. The predicted octanol–water partition coefficient (Wildman–Crippen LogP) is 1.41. The maximum atomic E-state index is 12.2. The van der Waals surface area contributed by atoms with Crippen LogP contribution in [0.25, 0.3) is 0 Å². The van der Waals surface area contributed by atoms with Gasteiger partial charge in [-0.05, 0) is 13.8 Å². The number of aromatic amines is 1. The van der Waals surface area contributed by atoms with E-state index in [4.69, 9.17) is 4.42 Å². The molecule has 0 aliphatic heterocycles. The van der Waals surface area contributed by atoms with Gasteiger partial charge in [0.15, 0.2) is 0 Å². The Hall–Kier alpha value is -2.20. The third kappa shape index (κ3) is 3.49. The molecule has 3 aromatic rings. The Morgan fingerprint density at radius 3 is 2.83 bits per heavy atom. The third-order valence-electron chi connectivity index (χ3n) is 3.40. The average molecular weight is 365 g/mol. The van der Waals surface area contributed by atoms with E-state index in [-0.39, 0.29) is 12.0 Å². The number of rotatable bonds is 5. The normalized spacial score (nSPS) is 11.1. The number of hydrogen-bond donors (Lipinski definition) is 1. The Balaban J connectivity index is 1.74. The van der Waals surface area contributed by atoms with Crippen LogP contribution in [-0.4, -0.2) is 24.7 Å². The first-order valence-corrected chi connectivity index (χ1v) is 8.95. The maximum absolute atomic E-state index is 12.2. The molecule has 0 saturated heterocycles. The topological polar surface area (TPSA) is 107 Å². The smallest absolute Gasteiger partial charge is 0.328 e. The standard InChI is InChI=1S/C14H15N5O3S2/c1-7-10(12(20)19(3)13(21)15-7)4-11-17-18-14(22-11)24-6-9-5-23-8(2)16-9/h5H,4,6H2,1-3H3,(H,15,21). The zero-order valence-electron chi connectivity index (χ0n) is 13.3. The molecular formula is C14H15N5O3S2. The van der Waals surface area contributed by atoms with Gasteiger partial charge in [0.05, 0.1) is 17.1 Å². The number of nitrogens with zero attached hydrogens (tertiary/aromatic N) is 4. The van der Waals surface area contributed by atoms with Crippen molar-refractivity contribution in [2.24, 2.45) is 7.05 Å². The second-order valence-electron chi connectivity index (χ2n) is 5.18. The molecule has 126 valence electrons. The van der Waals surface area contributed by atoms with Crippen molar-refractivity contribution < 1.29 is 4.42 Å². The number of H-pyrrole nitrogens is 1. The summed E-state index contributed by atoms with van der Waals surface area (Å²) in [6.07, 6.45) is 0.179. The summed E-state index contributed by atoms with van der Waals surface area (Å²) in [5.41, 5.74) is 1.11. The zero-order valence-corrected chi connectivity index (χ0v) is 15.0. The second kappa shape index (κ2) is 6.73. The van der Waals surface area contributed by atoms with E-state index in [0.717, 1.165) is 15.3 Å². The van der Waals surface area contributed by atoms with Crippen LogP contribution in [0.3, 0.4) is 0 Å². The van der Waals surface area contributed by atoms with E-state index in [2.05, 4.69) is 20.2 Å². The van der Waals surface area contributed by atoms with Crippen molar-refractivity contribution in [1.29, 1.82) is 0 Å². The number of aromatic nitrogens is 5. The van der Waals surface area contributed by atoms with E-state index >= 15 is 0 Å². The van der Waals surface area contributed by atoms with Crippen LogP contribution in [-0.2, 0) is 19.2 Å². The number of thiazole rings is 1. The number of thioether (sulfide) groups is 1. The summed E-state index contributed by atoms with van der Waals surface area (Å²) in [5.74, 6) is 0.977. The van der Waals surface area contributed by atoms with Crippen molar-refractivity contribution >= 4 is 23.1 Å². The summed E-state index contributed by atoms with van der Waals surface area (Å²) < 4.78 is 6.60. The van der Waals surface area contributed by atoms with Gasteiger partial charge < -0.3 is 9.40 Å². The summed E-state index contributed by atoms with van der Waals surface area (Å²) in [6.45, 7) is 3.63. The van der Waals surface area contributed by atoms with Gasteiger partial charge in [-0.1, -0.05) is 11.8 Å². The predicted molar refractivity (Wildman–Crippen MR) is 90.6 cm³/mol. The summed E-state index contributed by atoms with van der Waals surface area (Å²) in [4.78, 5) is 30.7. The summed E-state index contributed by atoms with van der Waals surface area (Å²) in [6, 6.07) is 0. The van der Waals surface area contributed by atoms with Crippen molar-refractivity contribution in [2.45, 2.75) is 31.2 Å². The Bertz CT molecular complexity index is 985. The Morgan fingerprint density at radius 1 is 1.33 bits per heavy atom. The van der Waals surface area contributed by atoms with Crippen LogP contribution < -0.4 is 11.2 Å². The van der Waals surface area contributed by atoms with E-state index in [1.807, 2.05) is 12.3 Å². The second-order valence-corrected chi connectivity index (χ2v) is 7.17. The number of nitrogens with one attached hydrogen (secondary N) is 1. The largest absolute Gasteiger partial charge is 0.416 e. The molecule has 0 aliphatic rings.